The van der Waals surface area contributed by atoms with E-state index in [-0.39, 0.29) is 29.6 Å². The molecule has 0 radical (unpaired) electrons. The van der Waals surface area contributed by atoms with Crippen LogP contribution in [0.2, 0.25) is 5.02 Å². The van der Waals surface area contributed by atoms with Gasteiger partial charge in [0.15, 0.2) is 0 Å². The van der Waals surface area contributed by atoms with Crippen molar-refractivity contribution in [1.29, 1.82) is 0 Å². The van der Waals surface area contributed by atoms with Crippen molar-refractivity contribution in [3.05, 3.63) is 28.8 Å². The fourth-order valence-electron chi connectivity index (χ4n) is 1.20. The van der Waals surface area contributed by atoms with Gasteiger partial charge >= 0.3 is 5.97 Å². The average Bonchev–Trinajstić information content (AvgIpc) is 2.21. The molecule has 0 aliphatic rings. The third-order valence-corrected chi connectivity index (χ3v) is 2.34. The van der Waals surface area contributed by atoms with Crippen molar-refractivity contribution in [3.8, 4) is 5.75 Å². The zero-order chi connectivity index (χ0) is 11.4. The maximum atomic E-state index is 11.0. The van der Waals surface area contributed by atoms with Gasteiger partial charge in [-0.25, -0.2) is 0 Å². The average molecular weight is 266 g/mol. The van der Waals surface area contributed by atoms with E-state index in [0.717, 1.165) is 0 Å². The first kappa shape index (κ1) is 15.0. The smallest absolute Gasteiger partial charge is 0.307 e. The summed E-state index contributed by atoms with van der Waals surface area (Å²) in [6.07, 6.45) is 0.00437. The first-order chi connectivity index (χ1) is 7.06. The second kappa shape index (κ2) is 6.58. The summed E-state index contributed by atoms with van der Waals surface area (Å²) in [7, 11) is 1.28. The number of para-hydroxylation sites is 1. The Morgan fingerprint density at radius 1 is 1.62 bits per heavy atom. The van der Waals surface area contributed by atoms with E-state index in [1.807, 2.05) is 0 Å². The highest BCUT2D eigenvalue weighted by Gasteiger charge is 2.16. The highest BCUT2D eigenvalue weighted by molar-refractivity contribution is 6.32. The van der Waals surface area contributed by atoms with E-state index in [1.165, 1.54) is 7.11 Å². The standard InChI is InChI=1S/C10H12ClNO3.ClH/c1-15-9(13)5-8(12)6-3-2-4-7(11)10(6)14;/h2-4,8,14H,5,12H2,1H3;1H/t8-;/m0./s1. The fraction of sp³-hybridized carbons (Fsp3) is 0.300. The van der Waals surface area contributed by atoms with Crippen LogP contribution in [0, 0.1) is 0 Å². The number of hydrogen-bond donors (Lipinski definition) is 2. The SMILES string of the molecule is COC(=O)C[C@H](N)c1cccc(Cl)c1O.Cl. The molecule has 1 aromatic carbocycles. The van der Waals surface area contributed by atoms with Gasteiger partial charge in [0, 0.05) is 11.6 Å². The molecule has 3 N–H and O–H groups in total. The van der Waals surface area contributed by atoms with Crippen LogP contribution in [0.25, 0.3) is 0 Å². The molecule has 0 saturated heterocycles. The zero-order valence-electron chi connectivity index (χ0n) is 8.64. The van der Waals surface area contributed by atoms with Crippen LogP contribution in [0.5, 0.6) is 5.75 Å². The molecule has 0 fully saturated rings. The number of esters is 1. The van der Waals surface area contributed by atoms with E-state index in [1.54, 1.807) is 18.2 Å². The molecule has 6 heteroatoms. The van der Waals surface area contributed by atoms with Gasteiger partial charge in [0.25, 0.3) is 0 Å². The lowest BCUT2D eigenvalue weighted by atomic mass is 10.0. The number of carbonyl (C=O) groups is 1. The molecule has 4 nitrogen and oxygen atoms in total. The Kier molecular flexibility index (Phi) is 6.18. The summed E-state index contributed by atoms with van der Waals surface area (Å²) in [5, 5.41) is 9.81. The van der Waals surface area contributed by atoms with Crippen molar-refractivity contribution < 1.29 is 14.6 Å². The molecule has 1 rings (SSSR count). The van der Waals surface area contributed by atoms with Gasteiger partial charge in [0.05, 0.1) is 18.6 Å². The second-order valence-electron chi connectivity index (χ2n) is 3.06. The maximum absolute atomic E-state index is 11.0. The van der Waals surface area contributed by atoms with E-state index in [4.69, 9.17) is 17.3 Å². The van der Waals surface area contributed by atoms with Gasteiger partial charge < -0.3 is 15.6 Å². The lowest BCUT2D eigenvalue weighted by molar-refractivity contribution is -0.141. The minimum absolute atomic E-state index is 0. The number of benzene rings is 1. The van der Waals surface area contributed by atoms with Crippen LogP contribution in [0.15, 0.2) is 18.2 Å². The van der Waals surface area contributed by atoms with E-state index < -0.39 is 12.0 Å². The van der Waals surface area contributed by atoms with Gasteiger partial charge in [-0.2, -0.15) is 0 Å². The van der Waals surface area contributed by atoms with Gasteiger partial charge in [-0.05, 0) is 6.07 Å². The van der Waals surface area contributed by atoms with Crippen LogP contribution in [-0.2, 0) is 9.53 Å². The summed E-state index contributed by atoms with van der Waals surface area (Å²) in [6, 6.07) is 4.21. The lowest BCUT2D eigenvalue weighted by Gasteiger charge is -2.12. The van der Waals surface area contributed by atoms with Gasteiger partial charge in [0.2, 0.25) is 0 Å². The summed E-state index contributed by atoms with van der Waals surface area (Å²) < 4.78 is 4.48. The molecule has 0 aliphatic heterocycles. The van der Waals surface area contributed by atoms with Crippen LogP contribution in [0.1, 0.15) is 18.0 Å². The highest BCUT2D eigenvalue weighted by Crippen LogP contribution is 2.31. The van der Waals surface area contributed by atoms with Gasteiger partial charge in [0.1, 0.15) is 5.75 Å². The minimum Gasteiger partial charge on any atom is -0.506 e. The minimum atomic E-state index is -0.615. The lowest BCUT2D eigenvalue weighted by Crippen LogP contribution is -2.16. The summed E-state index contributed by atoms with van der Waals surface area (Å²) in [5.74, 6) is -0.516. The van der Waals surface area contributed by atoms with Gasteiger partial charge in [-0.15, -0.1) is 12.4 Å². The molecule has 1 aromatic rings. The number of nitrogens with two attached hydrogens (primary N) is 1. The summed E-state index contributed by atoms with van der Waals surface area (Å²) in [5.41, 5.74) is 6.16. The number of methoxy groups -OCH3 is 1. The first-order valence-electron chi connectivity index (χ1n) is 4.36. The third kappa shape index (κ3) is 3.56. The normalized spacial score (nSPS) is 11.4. The number of ether oxygens (including phenoxy) is 1. The summed E-state index contributed by atoms with van der Waals surface area (Å²) in [4.78, 5) is 11.0. The van der Waals surface area contributed by atoms with Crippen molar-refractivity contribution in [2.24, 2.45) is 5.73 Å². The second-order valence-corrected chi connectivity index (χ2v) is 3.47. The molecule has 0 aromatic heterocycles. The predicted octanol–water partition coefficient (Wildman–Crippen LogP) is 2.03. The molecule has 16 heavy (non-hydrogen) atoms. The number of aromatic hydroxyl groups is 1. The van der Waals surface area contributed by atoms with Gasteiger partial charge in [-0.1, -0.05) is 23.7 Å². The molecule has 0 aliphatic carbocycles. The number of rotatable bonds is 3. The van der Waals surface area contributed by atoms with E-state index in [9.17, 15) is 9.90 Å². The number of phenolic OH excluding ortho intramolecular Hbond substituents is 1. The molecule has 0 saturated carbocycles. The molecule has 90 valence electrons. The Morgan fingerprint density at radius 3 is 2.81 bits per heavy atom. The van der Waals surface area contributed by atoms with Crippen molar-refractivity contribution in [2.45, 2.75) is 12.5 Å². The fourth-order valence-corrected chi connectivity index (χ4v) is 1.39. The van der Waals surface area contributed by atoms with Crippen LogP contribution in [0.4, 0.5) is 0 Å². The molecule has 0 amide bonds. The number of carbonyl (C=O) groups excluding carboxylic acids is 1. The Morgan fingerprint density at radius 2 is 2.25 bits per heavy atom. The molecular formula is C10H13Cl2NO3. The van der Waals surface area contributed by atoms with Crippen LogP contribution in [-0.4, -0.2) is 18.2 Å². The number of phenols is 1. The van der Waals surface area contributed by atoms with Crippen LogP contribution >= 0.6 is 24.0 Å². The Bertz CT molecular complexity index is 371. The number of hydrogen-bond acceptors (Lipinski definition) is 4. The number of halogens is 2. The first-order valence-corrected chi connectivity index (χ1v) is 4.73. The highest BCUT2D eigenvalue weighted by atomic mass is 35.5. The topological polar surface area (TPSA) is 72.5 Å². The quantitative estimate of drug-likeness (QED) is 0.821. The molecule has 0 bridgehead atoms. The maximum Gasteiger partial charge on any atom is 0.307 e. The van der Waals surface area contributed by atoms with Crippen molar-refractivity contribution in [3.63, 3.8) is 0 Å². The van der Waals surface area contributed by atoms with Crippen molar-refractivity contribution in [2.75, 3.05) is 7.11 Å². The molecule has 0 unspecified atom stereocenters. The zero-order valence-corrected chi connectivity index (χ0v) is 10.2. The molecule has 0 heterocycles. The summed E-state index contributed by atoms with van der Waals surface area (Å²) in [6.45, 7) is 0. The third-order valence-electron chi connectivity index (χ3n) is 2.03. The Hall–Kier alpha value is -0.970. The monoisotopic (exact) mass is 265 g/mol. The van der Waals surface area contributed by atoms with E-state index in [2.05, 4.69) is 4.74 Å². The van der Waals surface area contributed by atoms with Crippen LogP contribution in [0.3, 0.4) is 0 Å². The predicted molar refractivity (Wildman–Crippen MR) is 63.9 cm³/mol. The largest absolute Gasteiger partial charge is 0.506 e. The van der Waals surface area contributed by atoms with E-state index in [0.29, 0.717) is 5.56 Å². The Labute approximate surface area is 105 Å². The molecule has 0 spiro atoms. The van der Waals surface area contributed by atoms with Crippen molar-refractivity contribution >= 4 is 30.0 Å². The molecule has 1 atom stereocenters. The van der Waals surface area contributed by atoms with Crippen LogP contribution < -0.4 is 5.73 Å². The molecular weight excluding hydrogens is 253 g/mol. The Balaban J connectivity index is 0.00000225. The summed E-state index contributed by atoms with van der Waals surface area (Å²) >= 11 is 5.71. The van der Waals surface area contributed by atoms with E-state index >= 15 is 0 Å². The van der Waals surface area contributed by atoms with Crippen molar-refractivity contribution in [1.82, 2.24) is 0 Å². The van der Waals surface area contributed by atoms with Gasteiger partial charge in [-0.3, -0.25) is 4.79 Å².